The van der Waals surface area contributed by atoms with E-state index >= 15 is 0 Å². The molecular weight excluding hydrogens is 256 g/mol. The van der Waals surface area contributed by atoms with Gasteiger partial charge in [0.05, 0.1) is 32.0 Å². The smallest absolute Gasteiger partial charge is 0.326 e. The zero-order chi connectivity index (χ0) is 14.0. The van der Waals surface area contributed by atoms with E-state index in [0.717, 1.165) is 0 Å². The van der Waals surface area contributed by atoms with E-state index < -0.39 is 30.3 Å². The van der Waals surface area contributed by atoms with Crippen molar-refractivity contribution in [1.29, 1.82) is 0 Å². The molecule has 0 bridgehead atoms. The summed E-state index contributed by atoms with van der Waals surface area (Å²) in [6.45, 7) is 0.735. The van der Waals surface area contributed by atoms with Crippen LogP contribution in [0.1, 0.15) is 6.42 Å². The van der Waals surface area contributed by atoms with Gasteiger partial charge in [-0.05, 0) is 0 Å². The molecule has 3 atom stereocenters. The molecule has 2 aliphatic heterocycles. The van der Waals surface area contributed by atoms with E-state index in [4.69, 9.17) is 14.9 Å². The van der Waals surface area contributed by atoms with E-state index in [-0.39, 0.29) is 26.1 Å². The number of likely N-dealkylation sites (tertiary alicyclic amines) is 1. The van der Waals surface area contributed by atoms with Crippen LogP contribution in [-0.2, 0) is 9.53 Å². The molecule has 0 aromatic rings. The van der Waals surface area contributed by atoms with Gasteiger partial charge in [0.2, 0.25) is 0 Å². The summed E-state index contributed by atoms with van der Waals surface area (Å²) in [5.41, 5.74) is 0. The lowest BCUT2D eigenvalue weighted by atomic mass is 10.2. The molecule has 19 heavy (non-hydrogen) atoms. The zero-order valence-corrected chi connectivity index (χ0v) is 10.4. The summed E-state index contributed by atoms with van der Waals surface area (Å²) in [6.07, 6.45) is -1.19. The van der Waals surface area contributed by atoms with Gasteiger partial charge >= 0.3 is 12.0 Å². The molecule has 2 saturated heterocycles. The van der Waals surface area contributed by atoms with Crippen molar-refractivity contribution in [3.8, 4) is 0 Å². The quantitative estimate of drug-likeness (QED) is 0.554. The number of nitrogens with zero attached hydrogens (tertiary/aromatic N) is 2. The lowest BCUT2D eigenvalue weighted by molar-refractivity contribution is -0.141. The third-order valence-electron chi connectivity index (χ3n) is 3.42. The Labute approximate surface area is 110 Å². The Hall–Kier alpha value is -1.38. The number of aliphatic hydroxyl groups excluding tert-OH is 2. The Kier molecular flexibility index (Phi) is 4.23. The van der Waals surface area contributed by atoms with Crippen LogP contribution in [0, 0.1) is 0 Å². The van der Waals surface area contributed by atoms with Crippen molar-refractivity contribution in [3.63, 3.8) is 0 Å². The third-order valence-corrected chi connectivity index (χ3v) is 3.42. The molecule has 1 unspecified atom stereocenters. The largest absolute Gasteiger partial charge is 0.480 e. The number of aliphatic hydroxyl groups is 2. The molecular formula is C11H18N2O6. The van der Waals surface area contributed by atoms with E-state index in [9.17, 15) is 14.7 Å². The van der Waals surface area contributed by atoms with Gasteiger partial charge in [0.1, 0.15) is 6.04 Å². The average Bonchev–Trinajstić information content (AvgIpc) is 2.80. The minimum absolute atomic E-state index is 0.0248. The molecule has 2 rings (SSSR count). The summed E-state index contributed by atoms with van der Waals surface area (Å²) in [4.78, 5) is 26.0. The van der Waals surface area contributed by atoms with Gasteiger partial charge in [-0.25, -0.2) is 9.59 Å². The van der Waals surface area contributed by atoms with Crippen molar-refractivity contribution < 1.29 is 29.6 Å². The number of morpholine rings is 1. The first kappa shape index (κ1) is 14.0. The highest BCUT2D eigenvalue weighted by Gasteiger charge is 2.41. The van der Waals surface area contributed by atoms with E-state index in [0.29, 0.717) is 13.2 Å². The third kappa shape index (κ3) is 2.96. The summed E-state index contributed by atoms with van der Waals surface area (Å²) in [5, 5.41) is 27.6. The number of carboxylic acid groups (broad SMARTS) is 1. The molecule has 0 aromatic heterocycles. The number of hydrogen-bond acceptors (Lipinski definition) is 5. The minimum atomic E-state index is -1.11. The second-order valence-electron chi connectivity index (χ2n) is 4.80. The van der Waals surface area contributed by atoms with Crippen LogP contribution in [-0.4, -0.2) is 88.2 Å². The first-order valence-corrected chi connectivity index (χ1v) is 6.21. The summed E-state index contributed by atoms with van der Waals surface area (Å²) in [6, 6.07) is -1.41. The second kappa shape index (κ2) is 5.72. The summed E-state index contributed by atoms with van der Waals surface area (Å²) in [5.74, 6) is -1.11. The molecule has 2 amide bonds. The molecule has 8 nitrogen and oxygen atoms in total. The molecule has 0 radical (unpaired) electrons. The lowest BCUT2D eigenvalue weighted by Crippen LogP contribution is -2.54. The van der Waals surface area contributed by atoms with Crippen LogP contribution in [0.2, 0.25) is 0 Å². The number of aliphatic carboxylic acids is 1. The number of amides is 2. The van der Waals surface area contributed by atoms with E-state index in [1.165, 1.54) is 9.80 Å². The van der Waals surface area contributed by atoms with Crippen LogP contribution < -0.4 is 0 Å². The van der Waals surface area contributed by atoms with E-state index in [2.05, 4.69) is 0 Å². The van der Waals surface area contributed by atoms with Gasteiger partial charge in [0, 0.05) is 19.5 Å². The maximum atomic E-state index is 12.3. The van der Waals surface area contributed by atoms with Gasteiger partial charge in [0.15, 0.2) is 0 Å². The molecule has 108 valence electrons. The molecule has 2 aliphatic rings. The van der Waals surface area contributed by atoms with Crippen molar-refractivity contribution >= 4 is 12.0 Å². The highest BCUT2D eigenvalue weighted by atomic mass is 16.5. The number of hydrogen-bond donors (Lipinski definition) is 3. The summed E-state index contributed by atoms with van der Waals surface area (Å²) < 4.78 is 5.24. The highest BCUT2D eigenvalue weighted by molar-refractivity contribution is 5.83. The SMILES string of the molecule is O=C(O)[C@@H]1C[C@H](O)CN1C(=O)N1CCOC(CO)C1. The van der Waals surface area contributed by atoms with E-state index in [1.807, 2.05) is 0 Å². The monoisotopic (exact) mass is 274 g/mol. The Morgan fingerprint density at radius 2 is 2.05 bits per heavy atom. The zero-order valence-electron chi connectivity index (χ0n) is 10.4. The van der Waals surface area contributed by atoms with E-state index in [1.54, 1.807) is 0 Å². The number of urea groups is 1. The average molecular weight is 274 g/mol. The molecule has 0 aromatic carbocycles. The van der Waals surface area contributed by atoms with Gasteiger partial charge < -0.3 is 29.9 Å². The number of carbonyl (C=O) groups is 2. The van der Waals surface area contributed by atoms with Crippen LogP contribution in [0.25, 0.3) is 0 Å². The maximum absolute atomic E-state index is 12.3. The van der Waals surface area contributed by atoms with Gasteiger partial charge in [-0.2, -0.15) is 0 Å². The Morgan fingerprint density at radius 3 is 2.68 bits per heavy atom. The molecule has 0 aliphatic carbocycles. The van der Waals surface area contributed by atoms with Crippen LogP contribution in [0.15, 0.2) is 0 Å². The number of carboxylic acids is 1. The van der Waals surface area contributed by atoms with Crippen LogP contribution in [0.5, 0.6) is 0 Å². The Bertz CT molecular complexity index is 363. The van der Waals surface area contributed by atoms with Gasteiger partial charge in [0.25, 0.3) is 0 Å². The van der Waals surface area contributed by atoms with Crippen LogP contribution >= 0.6 is 0 Å². The Morgan fingerprint density at radius 1 is 1.32 bits per heavy atom. The van der Waals surface area contributed by atoms with Gasteiger partial charge in [-0.3, -0.25) is 0 Å². The van der Waals surface area contributed by atoms with Gasteiger partial charge in [-0.1, -0.05) is 0 Å². The predicted molar refractivity (Wildman–Crippen MR) is 62.5 cm³/mol. The van der Waals surface area contributed by atoms with Crippen molar-refractivity contribution in [2.45, 2.75) is 24.7 Å². The first-order chi connectivity index (χ1) is 9.02. The highest BCUT2D eigenvalue weighted by Crippen LogP contribution is 2.21. The second-order valence-corrected chi connectivity index (χ2v) is 4.80. The fraction of sp³-hybridized carbons (Fsp3) is 0.818. The summed E-state index contributed by atoms with van der Waals surface area (Å²) >= 11 is 0. The first-order valence-electron chi connectivity index (χ1n) is 6.21. The normalized spacial score (nSPS) is 31.6. The number of β-amino-alcohol motifs (C(OH)–C–C–N with tert-alkyl or cyclic N) is 1. The minimum Gasteiger partial charge on any atom is -0.480 e. The van der Waals surface area contributed by atoms with Gasteiger partial charge in [-0.15, -0.1) is 0 Å². The molecule has 0 saturated carbocycles. The van der Waals surface area contributed by atoms with Crippen molar-refractivity contribution in [2.75, 3.05) is 32.8 Å². The van der Waals surface area contributed by atoms with Crippen LogP contribution in [0.4, 0.5) is 4.79 Å². The molecule has 0 spiro atoms. The molecule has 3 N–H and O–H groups in total. The maximum Gasteiger partial charge on any atom is 0.326 e. The Balaban J connectivity index is 2.03. The predicted octanol–water partition coefficient (Wildman–Crippen LogP) is -1.68. The topological polar surface area (TPSA) is 111 Å². The molecule has 8 heteroatoms. The molecule has 2 fully saturated rings. The standard InChI is InChI=1S/C11H18N2O6/c14-6-8-5-12(1-2-19-8)11(18)13-4-7(15)3-9(13)10(16)17/h7-9,14-15H,1-6H2,(H,16,17)/t7-,8?,9-/m0/s1. The van der Waals surface area contributed by atoms with Crippen molar-refractivity contribution in [3.05, 3.63) is 0 Å². The van der Waals surface area contributed by atoms with Crippen molar-refractivity contribution in [2.24, 2.45) is 0 Å². The fourth-order valence-electron chi connectivity index (χ4n) is 2.44. The fourth-order valence-corrected chi connectivity index (χ4v) is 2.44. The van der Waals surface area contributed by atoms with Crippen molar-refractivity contribution in [1.82, 2.24) is 9.80 Å². The number of carbonyl (C=O) groups excluding carboxylic acids is 1. The number of ether oxygens (including phenoxy) is 1. The summed E-state index contributed by atoms with van der Waals surface area (Å²) in [7, 11) is 0. The van der Waals surface area contributed by atoms with Crippen LogP contribution in [0.3, 0.4) is 0 Å². The molecule has 2 heterocycles. The lowest BCUT2D eigenvalue weighted by Gasteiger charge is -2.35. The number of rotatable bonds is 2.